The molecule has 1 saturated heterocycles. The Bertz CT molecular complexity index is 782. The molecule has 0 amide bonds. The van der Waals surface area contributed by atoms with Crippen molar-refractivity contribution in [1.82, 2.24) is 4.90 Å². The molecule has 150 valence electrons. The van der Waals surface area contributed by atoms with Crippen molar-refractivity contribution in [3.63, 3.8) is 0 Å². The summed E-state index contributed by atoms with van der Waals surface area (Å²) in [4.78, 5) is 4.75. The molecule has 4 heteroatoms. The Labute approximate surface area is 169 Å². The number of allylic oxidation sites excluding steroid dienone is 1. The minimum atomic E-state index is -0.495. The second kappa shape index (κ2) is 9.76. The molecule has 0 aromatic heterocycles. The molecule has 3 rings (SSSR count). The van der Waals surface area contributed by atoms with E-state index in [2.05, 4.69) is 48.4 Å². The standard InChI is InChI=1S/C24H32N2O2/c1-4-7-21-8-5-6-9-24(21)28-18-23(27)17-25-12-14-26(15-13-25)22-11-10-19(2)20(3)16-22/h4-6,8-11,16,23,27H,1,7,12-15,17-18H2,2-3H3. The fourth-order valence-corrected chi connectivity index (χ4v) is 3.62. The van der Waals surface area contributed by atoms with Crippen molar-refractivity contribution in [3.05, 3.63) is 71.8 Å². The molecule has 1 fully saturated rings. The van der Waals surface area contributed by atoms with Gasteiger partial charge in [0.15, 0.2) is 0 Å². The van der Waals surface area contributed by atoms with Crippen LogP contribution in [0.1, 0.15) is 16.7 Å². The number of hydrogen-bond acceptors (Lipinski definition) is 4. The van der Waals surface area contributed by atoms with Crippen molar-refractivity contribution in [1.29, 1.82) is 0 Å². The molecule has 4 nitrogen and oxygen atoms in total. The second-order valence-corrected chi connectivity index (χ2v) is 7.62. The molecule has 2 aromatic rings. The number of aliphatic hydroxyl groups excluding tert-OH is 1. The van der Waals surface area contributed by atoms with Gasteiger partial charge in [0.05, 0.1) is 0 Å². The fourth-order valence-electron chi connectivity index (χ4n) is 3.62. The van der Waals surface area contributed by atoms with Crippen LogP contribution in [-0.2, 0) is 6.42 Å². The Morgan fingerprint density at radius 1 is 1.07 bits per heavy atom. The monoisotopic (exact) mass is 380 g/mol. The SMILES string of the molecule is C=CCc1ccccc1OCC(O)CN1CCN(c2ccc(C)c(C)c2)CC1. The van der Waals surface area contributed by atoms with Crippen molar-refractivity contribution in [2.45, 2.75) is 26.4 Å². The molecule has 1 heterocycles. The number of piperazine rings is 1. The molecular formula is C24H32N2O2. The van der Waals surface area contributed by atoms with Crippen molar-refractivity contribution in [2.24, 2.45) is 0 Å². The number of β-amino-alcohol motifs (C(OH)–C–C–N with tert-alkyl or cyclic N) is 1. The van der Waals surface area contributed by atoms with Crippen LogP contribution in [0.5, 0.6) is 5.75 Å². The lowest BCUT2D eigenvalue weighted by molar-refractivity contribution is 0.0660. The van der Waals surface area contributed by atoms with Crippen LogP contribution in [0.4, 0.5) is 5.69 Å². The highest BCUT2D eigenvalue weighted by Gasteiger charge is 2.20. The minimum absolute atomic E-state index is 0.311. The van der Waals surface area contributed by atoms with E-state index in [4.69, 9.17) is 4.74 Å². The predicted octanol–water partition coefficient (Wildman–Crippen LogP) is 3.59. The molecule has 28 heavy (non-hydrogen) atoms. The largest absolute Gasteiger partial charge is 0.491 e. The fraction of sp³-hybridized carbons (Fsp3) is 0.417. The first kappa shape index (κ1) is 20.4. The van der Waals surface area contributed by atoms with E-state index in [1.807, 2.05) is 30.3 Å². The van der Waals surface area contributed by atoms with Gasteiger partial charge in [-0.05, 0) is 55.2 Å². The molecule has 1 aliphatic rings. The summed E-state index contributed by atoms with van der Waals surface area (Å²) in [6.45, 7) is 12.9. The van der Waals surface area contributed by atoms with Gasteiger partial charge in [-0.25, -0.2) is 0 Å². The summed E-state index contributed by atoms with van der Waals surface area (Å²) < 4.78 is 5.87. The summed E-state index contributed by atoms with van der Waals surface area (Å²) >= 11 is 0. The third-order valence-corrected chi connectivity index (χ3v) is 5.46. The summed E-state index contributed by atoms with van der Waals surface area (Å²) in [5.74, 6) is 0.834. The Kier molecular flexibility index (Phi) is 7.12. The van der Waals surface area contributed by atoms with E-state index in [0.29, 0.717) is 13.2 Å². The van der Waals surface area contributed by atoms with Gasteiger partial charge in [-0.1, -0.05) is 30.3 Å². The summed E-state index contributed by atoms with van der Waals surface area (Å²) in [6, 6.07) is 14.6. The number of benzene rings is 2. The van der Waals surface area contributed by atoms with E-state index in [9.17, 15) is 5.11 Å². The zero-order valence-electron chi connectivity index (χ0n) is 17.1. The van der Waals surface area contributed by atoms with Gasteiger partial charge < -0.3 is 14.7 Å². The van der Waals surface area contributed by atoms with Gasteiger partial charge in [0, 0.05) is 38.4 Å². The van der Waals surface area contributed by atoms with Gasteiger partial charge in [0.2, 0.25) is 0 Å². The molecule has 0 spiro atoms. The molecule has 0 saturated carbocycles. The van der Waals surface area contributed by atoms with Crippen LogP contribution in [0.3, 0.4) is 0 Å². The lowest BCUT2D eigenvalue weighted by Gasteiger charge is -2.37. The highest BCUT2D eigenvalue weighted by Crippen LogP contribution is 2.21. The van der Waals surface area contributed by atoms with Crippen LogP contribution in [0.15, 0.2) is 55.1 Å². The molecule has 0 aliphatic carbocycles. The lowest BCUT2D eigenvalue weighted by atomic mass is 10.1. The van der Waals surface area contributed by atoms with Crippen molar-refractivity contribution >= 4 is 5.69 Å². The predicted molar refractivity (Wildman–Crippen MR) is 116 cm³/mol. The van der Waals surface area contributed by atoms with Crippen LogP contribution in [0.2, 0.25) is 0 Å². The van der Waals surface area contributed by atoms with E-state index in [-0.39, 0.29) is 0 Å². The van der Waals surface area contributed by atoms with Gasteiger partial charge in [-0.3, -0.25) is 4.90 Å². The van der Waals surface area contributed by atoms with Gasteiger partial charge in [-0.15, -0.1) is 6.58 Å². The molecule has 0 radical (unpaired) electrons. The molecule has 1 aliphatic heterocycles. The lowest BCUT2D eigenvalue weighted by Crippen LogP contribution is -2.49. The van der Waals surface area contributed by atoms with Crippen molar-refractivity contribution in [2.75, 3.05) is 44.2 Å². The summed E-state index contributed by atoms with van der Waals surface area (Å²) in [5.41, 5.74) is 5.07. The Morgan fingerprint density at radius 3 is 2.54 bits per heavy atom. The summed E-state index contributed by atoms with van der Waals surface area (Å²) in [7, 11) is 0. The number of nitrogens with zero attached hydrogens (tertiary/aromatic N) is 2. The maximum Gasteiger partial charge on any atom is 0.122 e. The van der Waals surface area contributed by atoms with Crippen LogP contribution < -0.4 is 9.64 Å². The number of ether oxygens (including phenoxy) is 1. The molecule has 1 N–H and O–H groups in total. The first-order valence-corrected chi connectivity index (χ1v) is 10.1. The van der Waals surface area contributed by atoms with Crippen LogP contribution in [0, 0.1) is 13.8 Å². The van der Waals surface area contributed by atoms with E-state index >= 15 is 0 Å². The van der Waals surface area contributed by atoms with Crippen molar-refractivity contribution in [3.8, 4) is 5.75 Å². The maximum atomic E-state index is 10.4. The number of rotatable bonds is 8. The first-order chi connectivity index (χ1) is 13.6. The number of aliphatic hydroxyl groups is 1. The Hall–Kier alpha value is -2.30. The van der Waals surface area contributed by atoms with Crippen LogP contribution in [0.25, 0.3) is 0 Å². The van der Waals surface area contributed by atoms with E-state index in [1.165, 1.54) is 16.8 Å². The Balaban J connectivity index is 1.45. The highest BCUT2D eigenvalue weighted by molar-refractivity contribution is 5.51. The quantitative estimate of drug-likeness (QED) is 0.710. The molecule has 1 unspecified atom stereocenters. The van der Waals surface area contributed by atoms with E-state index < -0.39 is 6.10 Å². The number of aryl methyl sites for hydroxylation is 2. The molecule has 1 atom stereocenters. The first-order valence-electron chi connectivity index (χ1n) is 10.1. The normalized spacial score (nSPS) is 16.0. The average Bonchev–Trinajstić information content (AvgIpc) is 2.70. The third-order valence-electron chi connectivity index (χ3n) is 5.46. The average molecular weight is 381 g/mol. The molecular weight excluding hydrogens is 348 g/mol. The molecule has 0 bridgehead atoms. The van der Waals surface area contributed by atoms with Gasteiger partial charge in [0.1, 0.15) is 18.5 Å². The number of anilines is 1. The van der Waals surface area contributed by atoms with Crippen LogP contribution in [-0.4, -0.2) is 55.4 Å². The third kappa shape index (κ3) is 5.37. The maximum absolute atomic E-state index is 10.4. The second-order valence-electron chi connectivity index (χ2n) is 7.62. The van der Waals surface area contributed by atoms with Gasteiger partial charge in [0.25, 0.3) is 0 Å². The van der Waals surface area contributed by atoms with Crippen molar-refractivity contribution < 1.29 is 9.84 Å². The topological polar surface area (TPSA) is 35.9 Å². The smallest absolute Gasteiger partial charge is 0.122 e. The van der Waals surface area contributed by atoms with E-state index in [1.54, 1.807) is 0 Å². The summed E-state index contributed by atoms with van der Waals surface area (Å²) in [5, 5.41) is 10.4. The van der Waals surface area contributed by atoms with E-state index in [0.717, 1.165) is 43.9 Å². The highest BCUT2D eigenvalue weighted by atomic mass is 16.5. The van der Waals surface area contributed by atoms with Crippen LogP contribution >= 0.6 is 0 Å². The Morgan fingerprint density at radius 2 is 1.82 bits per heavy atom. The van der Waals surface area contributed by atoms with Gasteiger partial charge in [-0.2, -0.15) is 0 Å². The molecule has 2 aromatic carbocycles. The minimum Gasteiger partial charge on any atom is -0.491 e. The summed E-state index contributed by atoms with van der Waals surface area (Å²) in [6.07, 6.45) is 2.14. The number of hydrogen-bond donors (Lipinski definition) is 1. The van der Waals surface area contributed by atoms with Gasteiger partial charge >= 0.3 is 0 Å². The zero-order valence-corrected chi connectivity index (χ0v) is 17.1. The number of para-hydroxylation sites is 1. The zero-order chi connectivity index (χ0) is 19.9.